The van der Waals surface area contributed by atoms with Crippen LogP contribution in [0.4, 0.5) is 92.6 Å². The molecular formula is C88H114N28O16S8. The van der Waals surface area contributed by atoms with Gasteiger partial charge in [0.1, 0.15) is 72.7 Å². The standard InChI is InChI=1S/C25H27N7O4S.C22H27N7O4S.C21H27N7O4S.C20H25N7O4S.4H2S/c26-23(33)20-13-27-25(30-24(20)28-16-6-7-16)29-17-8-9-21-22(12-17)36-15-18-14-31(10-11-32(18)21)37(34,35)19-4-2-1-3-5-19;23-20(30)17-10-24-22(27-21(17)25-13-1-2-13)26-14-3-6-18-19(9-14)33-12-15-11-28(7-8-29(15)18)34(31,32)16-4-5-16;1-2-33(30,31)27-7-8-28-15(11-27)12-32-18-9-14(5-6-17(18)28)25-21-23-10-16(19(22)29)20(26-21)24-13-3-4-13;1-32(29,30)26-6-7-27-14(10-26)11-31-17-8-13(4-5-16(17)27)24-20-22-9-15(18(21)28)19(25-20)23-12-2-3-12;;;;/h1-5,8-9,12-13,16,18H,6-7,10-11,14-15H2,(H2,26,33)(H2,27,28,29,30);3,6,9-10,13,15-16H,1-2,4-5,7-8,11-12H2,(H2,23,30)(H2,24,25,26,27);5-6,9-10,13,15H,2-4,7-8,11-12H2,1H3,(H2,22,29)(H2,23,24,25,26);4-5,8-9,12,14H,2-3,6-7,10-11H2,1H3,(H2,21,28)(H2,22,23,24,25);4*1H2/t18-;2*15-;14-;;;;/m0000..../s1. The quantitative estimate of drug-likeness (QED) is 0.0292. The van der Waals surface area contributed by atoms with Gasteiger partial charge in [0.15, 0.2) is 0 Å². The molecule has 0 unspecified atom stereocenters. The summed E-state index contributed by atoms with van der Waals surface area (Å²) in [5.41, 5.74) is 29.5. The van der Waals surface area contributed by atoms with E-state index in [4.69, 9.17) is 41.9 Å². The van der Waals surface area contributed by atoms with Crippen molar-refractivity contribution in [3.05, 3.63) is 150 Å². The molecular weight excluding hydrogens is 1960 g/mol. The first-order valence-corrected chi connectivity index (χ1v) is 51.7. The zero-order valence-corrected chi connectivity index (χ0v) is 83.8. The van der Waals surface area contributed by atoms with E-state index in [9.17, 15) is 52.8 Å². The Kier molecular flexibility index (Phi) is 31.1. The molecule has 0 bridgehead atoms. The number of hydrogen-bond donors (Lipinski definition) is 12. The Morgan fingerprint density at radius 1 is 0.364 bits per heavy atom. The van der Waals surface area contributed by atoms with E-state index in [1.807, 2.05) is 72.8 Å². The SMILES string of the molecule is CCS(=O)(=O)N1CCN2c3ccc(Nc4ncc(C(N)=O)c(NC5CC5)n4)cc3OC[C@@H]2C1.CS(=O)(=O)N1CCN2c3ccc(Nc4ncc(C(N)=O)c(NC5CC5)n4)cc3OC[C@@H]2C1.NC(=O)c1cnc(Nc2ccc3c(c2)OC[C@@H]2CN(S(=O)(=O)C4CC4)CCN32)nc1NC1CC1.NC(=O)c1cnc(Nc2ccc3c(c2)OC[C@@H]2CN(S(=O)(=O)c4ccccc4)CCN32)nc1NC1CC1.S.S.S.S. The number of amides is 4. The molecule has 12 heterocycles. The van der Waals surface area contributed by atoms with Crippen molar-refractivity contribution >= 4 is 210 Å². The second kappa shape index (κ2) is 42.5. The van der Waals surface area contributed by atoms with Crippen LogP contribution in [0.25, 0.3) is 0 Å². The number of sulfonamides is 4. The molecule has 750 valence electrons. The largest absolute Gasteiger partial charge is 0.489 e. The maximum atomic E-state index is 13.1. The first-order chi connectivity index (χ1) is 65.4. The summed E-state index contributed by atoms with van der Waals surface area (Å²) in [4.78, 5) is 90.6. The number of anilines is 16. The number of carbonyl (C=O) groups is 4. The number of carbonyl (C=O) groups excluding carboxylic acids is 4. The molecule has 0 radical (unpaired) electrons. The Morgan fingerprint density at radius 2 is 0.643 bits per heavy atom. The van der Waals surface area contributed by atoms with Crippen molar-refractivity contribution in [2.75, 3.05) is 179 Å². The molecule has 52 heteroatoms. The summed E-state index contributed by atoms with van der Waals surface area (Å²) in [5.74, 6) is 3.74. The molecule has 16 N–H and O–H groups in total. The summed E-state index contributed by atoms with van der Waals surface area (Å²) < 4.78 is 130. The van der Waals surface area contributed by atoms with Crippen LogP contribution >= 0.6 is 54.0 Å². The molecule has 5 aromatic carbocycles. The third-order valence-corrected chi connectivity index (χ3v) is 32.8. The number of aromatic nitrogens is 8. The third kappa shape index (κ3) is 23.5. The highest BCUT2D eigenvalue weighted by Crippen LogP contribution is 2.45. The highest BCUT2D eigenvalue weighted by Gasteiger charge is 2.46. The number of hydrogen-bond acceptors (Lipinski definition) is 36. The first kappa shape index (κ1) is 103. The van der Waals surface area contributed by atoms with Gasteiger partial charge >= 0.3 is 0 Å². The smallest absolute Gasteiger partial charge is 0.254 e. The zero-order valence-electron chi connectivity index (χ0n) is 76.5. The van der Waals surface area contributed by atoms with Crippen LogP contribution in [0.15, 0.2) is 133 Å². The fourth-order valence-electron chi connectivity index (χ4n) is 17.3. The van der Waals surface area contributed by atoms with Crippen LogP contribution in [0.2, 0.25) is 0 Å². The van der Waals surface area contributed by atoms with Crippen molar-refractivity contribution in [3.8, 4) is 23.0 Å². The van der Waals surface area contributed by atoms with Crippen molar-refractivity contribution in [1.29, 1.82) is 0 Å². The lowest BCUT2D eigenvalue weighted by Crippen LogP contribution is -2.58. The minimum atomic E-state index is -3.55. The van der Waals surface area contributed by atoms with Gasteiger partial charge in [-0.2, -0.15) is 91.1 Å². The summed E-state index contributed by atoms with van der Waals surface area (Å²) >= 11 is 0. The van der Waals surface area contributed by atoms with Crippen molar-refractivity contribution in [2.45, 2.75) is 130 Å². The molecule has 0 spiro atoms. The van der Waals surface area contributed by atoms with E-state index in [1.165, 1.54) is 39.7 Å². The van der Waals surface area contributed by atoms with Gasteiger partial charge in [0.25, 0.3) is 23.6 Å². The predicted molar refractivity (Wildman–Crippen MR) is 552 cm³/mol. The third-order valence-electron chi connectivity index (χ3n) is 25.4. The predicted octanol–water partition coefficient (Wildman–Crippen LogP) is 5.75. The van der Waals surface area contributed by atoms with E-state index in [0.717, 1.165) is 115 Å². The maximum absolute atomic E-state index is 13.1. The minimum Gasteiger partial charge on any atom is -0.489 e. The van der Waals surface area contributed by atoms with E-state index in [0.29, 0.717) is 198 Å². The average Bonchev–Trinajstić information content (AvgIpc) is 1.17. The second-order valence-electron chi connectivity index (χ2n) is 35.5. The van der Waals surface area contributed by atoms with E-state index < -0.39 is 63.7 Å². The molecule has 22 rings (SSSR count). The van der Waals surface area contributed by atoms with Crippen molar-refractivity contribution in [1.82, 2.24) is 57.1 Å². The number of benzene rings is 5. The maximum Gasteiger partial charge on any atom is 0.254 e. The second-order valence-corrected chi connectivity index (χ2v) is 43.9. The number of rotatable bonds is 27. The van der Waals surface area contributed by atoms with Crippen LogP contribution in [0.3, 0.4) is 0 Å². The molecule has 13 aliphatic rings. The summed E-state index contributed by atoms with van der Waals surface area (Å²) in [6.07, 6.45) is 16.7. The van der Waals surface area contributed by atoms with Gasteiger partial charge in [-0.1, -0.05) is 18.2 Å². The zero-order chi connectivity index (χ0) is 94.6. The number of fused-ring (bicyclic) bond motifs is 12. The number of piperazine rings is 4. The lowest BCUT2D eigenvalue weighted by molar-refractivity contribution is 0.0992. The van der Waals surface area contributed by atoms with Crippen LogP contribution in [-0.4, -0.2) is 285 Å². The van der Waals surface area contributed by atoms with Crippen LogP contribution in [-0.2, 0) is 40.1 Å². The summed E-state index contributed by atoms with van der Waals surface area (Å²) in [6, 6.07) is 32.5. The summed E-state index contributed by atoms with van der Waals surface area (Å²) in [6.45, 7) is 9.13. The van der Waals surface area contributed by atoms with E-state index in [1.54, 1.807) is 45.9 Å². The molecule has 140 heavy (non-hydrogen) atoms. The monoisotopic (exact) mass is 2070 g/mol. The van der Waals surface area contributed by atoms with Gasteiger partial charge in [-0.3, -0.25) is 19.2 Å². The molecule has 4 aromatic heterocycles. The Balaban J connectivity index is 0.000000140. The van der Waals surface area contributed by atoms with Crippen LogP contribution in [0.1, 0.15) is 113 Å². The summed E-state index contributed by atoms with van der Waals surface area (Å²) in [7, 11) is -13.2. The fourth-order valence-corrected chi connectivity index (χ4v) is 22.6. The Morgan fingerprint density at radius 3 is 0.929 bits per heavy atom. The lowest BCUT2D eigenvalue weighted by Gasteiger charge is -2.45. The van der Waals surface area contributed by atoms with Crippen molar-refractivity contribution in [2.24, 2.45) is 22.9 Å². The topological polar surface area (TPSA) is 571 Å². The van der Waals surface area contributed by atoms with Crippen LogP contribution in [0, 0.1) is 0 Å². The Hall–Kier alpha value is -11.9. The molecule has 44 nitrogen and oxygen atoms in total. The molecule has 5 saturated carbocycles. The van der Waals surface area contributed by atoms with Gasteiger partial charge in [-0.25, -0.2) is 53.6 Å². The Labute approximate surface area is 838 Å². The summed E-state index contributed by atoms with van der Waals surface area (Å²) in [5, 5.41) is 25.4. The molecule has 4 atom stereocenters. The van der Waals surface area contributed by atoms with Gasteiger partial charge < -0.3 is 104 Å². The van der Waals surface area contributed by atoms with Crippen molar-refractivity contribution in [3.63, 3.8) is 0 Å². The van der Waals surface area contributed by atoms with Crippen LogP contribution < -0.4 is 104 Å². The Bertz CT molecular complexity index is 6620. The molecule has 9 fully saturated rings. The first-order valence-electron chi connectivity index (χ1n) is 45.3. The van der Waals surface area contributed by atoms with Crippen molar-refractivity contribution < 1.29 is 71.8 Å². The van der Waals surface area contributed by atoms with Gasteiger partial charge in [0, 0.05) is 175 Å². The molecule has 9 aromatic rings. The molecule has 8 aliphatic heterocycles. The van der Waals surface area contributed by atoms with Gasteiger partial charge in [-0.15, -0.1) is 0 Å². The lowest BCUT2D eigenvalue weighted by atomic mass is 10.1. The number of nitrogens with one attached hydrogen (secondary N) is 8. The normalized spacial score (nSPS) is 20.1. The van der Waals surface area contributed by atoms with E-state index in [2.05, 4.69) is 102 Å². The molecule has 4 amide bonds. The van der Waals surface area contributed by atoms with Crippen LogP contribution in [0.5, 0.6) is 23.0 Å². The fraction of sp³-hybridized carbons (Fsp3) is 0.432. The number of primary amides is 4. The van der Waals surface area contributed by atoms with E-state index >= 15 is 0 Å². The molecule has 4 saturated heterocycles. The highest BCUT2D eigenvalue weighted by molar-refractivity contribution is 7.90. The van der Waals surface area contributed by atoms with Gasteiger partial charge in [0.05, 0.1) is 91.3 Å². The van der Waals surface area contributed by atoms with Gasteiger partial charge in [-0.05, 0) is 132 Å². The molecule has 5 aliphatic carbocycles. The average molecular weight is 2080 g/mol. The van der Waals surface area contributed by atoms with E-state index in [-0.39, 0.29) is 111 Å². The number of nitrogens with zero attached hydrogens (tertiary/aromatic N) is 16. The number of ether oxygens (including phenoxy) is 4. The van der Waals surface area contributed by atoms with Gasteiger partial charge in [0.2, 0.25) is 63.9 Å². The number of nitrogens with two attached hydrogens (primary N) is 4. The minimum absolute atomic E-state index is 0. The highest BCUT2D eigenvalue weighted by atomic mass is 32.2.